The van der Waals surface area contributed by atoms with Crippen LogP contribution in [0.3, 0.4) is 0 Å². The summed E-state index contributed by atoms with van der Waals surface area (Å²) in [6.45, 7) is 37.4. The van der Waals surface area contributed by atoms with Crippen molar-refractivity contribution in [2.75, 3.05) is 14.1 Å². The number of allylic oxidation sites excluding steroid dienone is 1. The van der Waals surface area contributed by atoms with Crippen molar-refractivity contribution in [1.82, 2.24) is 9.80 Å². The van der Waals surface area contributed by atoms with E-state index in [4.69, 9.17) is 6.58 Å². The second-order valence-corrected chi connectivity index (χ2v) is 19.6. The van der Waals surface area contributed by atoms with Crippen molar-refractivity contribution >= 4 is 5.78 Å². The van der Waals surface area contributed by atoms with Crippen LogP contribution in [0.4, 0.5) is 0 Å². The first kappa shape index (κ1) is 37.0. The molecule has 0 radical (unpaired) electrons. The molecule has 0 spiro atoms. The van der Waals surface area contributed by atoms with Crippen LogP contribution in [-0.4, -0.2) is 51.8 Å². The predicted octanol–water partition coefficient (Wildman–Crippen LogP) is 10.1. The minimum absolute atomic E-state index is 0.0447. The van der Waals surface area contributed by atoms with Crippen molar-refractivity contribution in [3.8, 4) is 0 Å². The molecule has 3 rings (SSSR count). The van der Waals surface area contributed by atoms with Gasteiger partial charge in [-0.3, -0.25) is 14.6 Å². The van der Waals surface area contributed by atoms with E-state index in [9.17, 15) is 4.79 Å². The Morgan fingerprint density at radius 1 is 0.705 bits per heavy atom. The fraction of sp³-hybridized carbons (Fsp3) is 0.780. The van der Waals surface area contributed by atoms with Crippen LogP contribution in [0, 0.1) is 17.8 Å². The number of likely N-dealkylation sites (tertiary alicyclic amines) is 2. The molecule has 2 aliphatic rings. The summed E-state index contributed by atoms with van der Waals surface area (Å²) in [6, 6.07) is 7.15. The van der Waals surface area contributed by atoms with Crippen LogP contribution in [0.5, 0.6) is 0 Å². The maximum absolute atomic E-state index is 14.6. The van der Waals surface area contributed by atoms with Gasteiger partial charge in [0.2, 0.25) is 0 Å². The molecule has 2 fully saturated rings. The predicted molar refractivity (Wildman–Crippen MR) is 192 cm³/mol. The highest BCUT2D eigenvalue weighted by atomic mass is 16.1. The molecule has 0 N–H and O–H groups in total. The van der Waals surface area contributed by atoms with Crippen molar-refractivity contribution in [3.63, 3.8) is 0 Å². The molecule has 0 bridgehead atoms. The fourth-order valence-electron chi connectivity index (χ4n) is 8.78. The molecule has 0 saturated carbocycles. The quantitative estimate of drug-likeness (QED) is 0.275. The number of carbonyl (C=O) groups is 1. The molecule has 1 unspecified atom stereocenters. The summed E-state index contributed by atoms with van der Waals surface area (Å²) in [5, 5.41) is 0. The zero-order valence-electron chi connectivity index (χ0n) is 31.9. The Bertz CT molecular complexity index is 1080. The Kier molecular flexibility index (Phi) is 10.3. The number of rotatable bonds is 8. The highest BCUT2D eigenvalue weighted by Crippen LogP contribution is 2.45. The van der Waals surface area contributed by atoms with E-state index >= 15 is 0 Å². The van der Waals surface area contributed by atoms with E-state index in [0.717, 1.165) is 44.1 Å². The van der Waals surface area contributed by atoms with Crippen molar-refractivity contribution in [2.45, 2.75) is 175 Å². The molecule has 44 heavy (non-hydrogen) atoms. The van der Waals surface area contributed by atoms with Crippen LogP contribution in [0.1, 0.15) is 152 Å². The summed E-state index contributed by atoms with van der Waals surface area (Å²) in [7, 11) is 4.53. The van der Waals surface area contributed by atoms with Crippen molar-refractivity contribution < 1.29 is 4.79 Å². The number of nitrogens with zero attached hydrogens (tertiary/aromatic N) is 2. The maximum atomic E-state index is 14.6. The van der Waals surface area contributed by atoms with Crippen LogP contribution in [0.2, 0.25) is 0 Å². The molecule has 2 aliphatic heterocycles. The van der Waals surface area contributed by atoms with Gasteiger partial charge < -0.3 is 0 Å². The molecular weight excluding hydrogens is 536 g/mol. The van der Waals surface area contributed by atoms with Gasteiger partial charge in [-0.05, 0) is 147 Å². The van der Waals surface area contributed by atoms with Crippen LogP contribution < -0.4 is 0 Å². The van der Waals surface area contributed by atoms with E-state index in [1.807, 2.05) is 0 Å². The zero-order valence-corrected chi connectivity index (χ0v) is 31.9. The monoisotopic (exact) mass is 607 g/mol. The Hall–Kier alpha value is -1.45. The average Bonchev–Trinajstić information content (AvgIpc) is 2.82. The van der Waals surface area contributed by atoms with E-state index in [2.05, 4.69) is 139 Å². The van der Waals surface area contributed by atoms with Crippen molar-refractivity contribution in [3.05, 3.63) is 47.0 Å². The molecule has 1 atom stereocenters. The fourth-order valence-corrected chi connectivity index (χ4v) is 8.78. The topological polar surface area (TPSA) is 23.6 Å². The first-order valence-electron chi connectivity index (χ1n) is 17.5. The lowest BCUT2D eigenvalue weighted by atomic mass is 9.69. The molecule has 3 heteroatoms. The molecular formula is C41H70N2O. The molecule has 250 valence electrons. The maximum Gasteiger partial charge on any atom is 0.140 e. The van der Waals surface area contributed by atoms with E-state index < -0.39 is 0 Å². The van der Waals surface area contributed by atoms with Gasteiger partial charge in [0.05, 0.1) is 0 Å². The molecule has 0 aromatic heterocycles. The minimum atomic E-state index is -0.144. The van der Waals surface area contributed by atoms with Crippen LogP contribution in [-0.2, 0) is 22.0 Å². The molecule has 1 aromatic carbocycles. The third kappa shape index (κ3) is 8.47. The first-order chi connectivity index (χ1) is 19.7. The van der Waals surface area contributed by atoms with Crippen molar-refractivity contribution in [1.29, 1.82) is 0 Å². The molecule has 3 nitrogen and oxygen atoms in total. The molecule has 0 amide bonds. The van der Waals surface area contributed by atoms with Gasteiger partial charge in [-0.1, -0.05) is 71.9 Å². The summed E-state index contributed by atoms with van der Waals surface area (Å²) in [4.78, 5) is 19.7. The SMILES string of the molecule is C=C(CC1CC(C)(C)N(C)C(C)(C)C1)C(Cc1cc(C(C)(C)C)cc(C(C)(C)C)c1)C(=O)CC1CC(C)(C)N(C)C(C)(C)C1. The van der Waals surface area contributed by atoms with Crippen molar-refractivity contribution in [2.24, 2.45) is 17.8 Å². The zero-order chi connectivity index (χ0) is 33.8. The summed E-state index contributed by atoms with van der Waals surface area (Å²) < 4.78 is 0. The van der Waals surface area contributed by atoms with Gasteiger partial charge in [-0.15, -0.1) is 0 Å². The number of ketones is 1. The van der Waals surface area contributed by atoms with Gasteiger partial charge in [-0.25, -0.2) is 0 Å². The van der Waals surface area contributed by atoms with Crippen LogP contribution in [0.15, 0.2) is 30.4 Å². The lowest BCUT2D eigenvalue weighted by Gasteiger charge is -2.54. The summed E-state index contributed by atoms with van der Waals surface area (Å²) in [5.41, 5.74) is 5.65. The number of benzene rings is 1. The van der Waals surface area contributed by atoms with E-state index in [-0.39, 0.29) is 38.9 Å². The third-order valence-corrected chi connectivity index (χ3v) is 11.9. The summed E-state index contributed by atoms with van der Waals surface area (Å²) in [6.07, 6.45) is 6.73. The van der Waals surface area contributed by atoms with Gasteiger partial charge in [0.25, 0.3) is 0 Å². The van der Waals surface area contributed by atoms with Gasteiger partial charge in [0, 0.05) is 34.5 Å². The highest BCUT2D eigenvalue weighted by Gasteiger charge is 2.45. The third-order valence-electron chi connectivity index (χ3n) is 11.9. The Labute approximate surface area is 273 Å². The number of hydrogen-bond acceptors (Lipinski definition) is 3. The lowest BCUT2D eigenvalue weighted by Crippen LogP contribution is -2.58. The first-order valence-corrected chi connectivity index (χ1v) is 17.5. The normalized spacial score (nSPS) is 23.8. The molecule has 2 heterocycles. The highest BCUT2D eigenvalue weighted by molar-refractivity contribution is 5.84. The smallest absolute Gasteiger partial charge is 0.140 e. The van der Waals surface area contributed by atoms with E-state index in [1.165, 1.54) is 16.7 Å². The van der Waals surface area contributed by atoms with Gasteiger partial charge in [0.15, 0.2) is 0 Å². The second kappa shape index (κ2) is 12.3. The van der Waals surface area contributed by atoms with E-state index in [0.29, 0.717) is 24.0 Å². The van der Waals surface area contributed by atoms with Gasteiger partial charge in [0.1, 0.15) is 5.78 Å². The number of carbonyl (C=O) groups excluding carboxylic acids is 1. The largest absolute Gasteiger partial charge is 0.299 e. The number of hydrogen-bond donors (Lipinski definition) is 0. The lowest BCUT2D eigenvalue weighted by molar-refractivity contribution is -0.124. The minimum Gasteiger partial charge on any atom is -0.299 e. The van der Waals surface area contributed by atoms with Crippen LogP contribution >= 0.6 is 0 Å². The molecule has 2 saturated heterocycles. The standard InChI is InChI=1S/C41H70N2O/c1-28(18-30-24-38(8,9)42(16)39(10,11)25-30)34(35(44)22-31-26-40(12,13)43(17)41(14,15)27-31)21-29-19-32(36(2,3)4)23-33(20-29)37(5,6)7/h19-20,23,30-31,34H,1,18,21-22,24-27H2,2-17H3. The Morgan fingerprint density at radius 2 is 1.05 bits per heavy atom. The number of piperidine rings is 2. The molecule has 0 aliphatic carbocycles. The average molecular weight is 607 g/mol. The van der Waals surface area contributed by atoms with Gasteiger partial charge in [-0.2, -0.15) is 0 Å². The van der Waals surface area contributed by atoms with Gasteiger partial charge >= 0.3 is 0 Å². The second-order valence-electron chi connectivity index (χ2n) is 19.6. The Morgan fingerprint density at radius 3 is 1.39 bits per heavy atom. The summed E-state index contributed by atoms with van der Waals surface area (Å²) in [5.74, 6) is 1.19. The Balaban J connectivity index is 1.98. The van der Waals surface area contributed by atoms with Crippen LogP contribution in [0.25, 0.3) is 0 Å². The van der Waals surface area contributed by atoms with E-state index in [1.54, 1.807) is 0 Å². The number of Topliss-reactive ketones (excluding diaryl/α,β-unsaturated/α-hetero) is 1. The summed E-state index contributed by atoms with van der Waals surface area (Å²) >= 11 is 0. The molecule has 1 aromatic rings.